The normalized spacial score (nSPS) is 13.4. The molecule has 3 aliphatic rings. The van der Waals surface area contributed by atoms with Gasteiger partial charge in [0, 0.05) is 71.9 Å². The highest BCUT2D eigenvalue weighted by molar-refractivity contribution is 6.08. The third-order valence-corrected chi connectivity index (χ3v) is 27.2. The van der Waals surface area contributed by atoms with Crippen molar-refractivity contribution in [2.45, 2.75) is 57.8 Å². The van der Waals surface area contributed by atoms with Crippen LogP contribution in [0.15, 0.2) is 433 Å². The number of hydrogen-bond acceptors (Lipinski definition) is 4. The average Bonchev–Trinajstić information content (AvgIpc) is 1.58. The van der Waals surface area contributed by atoms with Crippen molar-refractivity contribution in [1.82, 2.24) is 0 Å². The fourth-order valence-corrected chi connectivity index (χ4v) is 20.5. The van der Waals surface area contributed by atoms with Crippen LogP contribution in [-0.2, 0) is 16.2 Å². The lowest BCUT2D eigenvalue weighted by molar-refractivity contribution is 0.660. The van der Waals surface area contributed by atoms with Crippen molar-refractivity contribution in [2.24, 2.45) is 0 Å². The maximum absolute atomic E-state index is 6.16. The number of hydrogen-bond donors (Lipinski definition) is 0. The second-order valence-electron chi connectivity index (χ2n) is 35.5. The number of rotatable bonds is 13. The first-order chi connectivity index (χ1) is 61.2. The molecule has 2 aromatic heterocycles. The van der Waals surface area contributed by atoms with Crippen LogP contribution >= 0.6 is 0 Å². The van der Waals surface area contributed by atoms with E-state index in [0.29, 0.717) is 0 Å². The molecule has 3 aliphatic carbocycles. The lowest BCUT2D eigenvalue weighted by atomic mass is 9.81. The number of anilines is 6. The predicted octanol–water partition coefficient (Wildman–Crippen LogP) is 33.9. The van der Waals surface area contributed by atoms with Crippen LogP contribution in [0.1, 0.15) is 74.9 Å². The molecule has 0 amide bonds. The van der Waals surface area contributed by atoms with Crippen LogP contribution in [0.4, 0.5) is 34.1 Å². The Kier molecular flexibility index (Phi) is 17.6. The first kappa shape index (κ1) is 74.7. The summed E-state index contributed by atoms with van der Waals surface area (Å²) in [6.07, 6.45) is 0. The third-order valence-electron chi connectivity index (χ3n) is 27.2. The molecule has 594 valence electrons. The van der Waals surface area contributed by atoms with Crippen molar-refractivity contribution in [3.8, 4) is 111 Å². The van der Waals surface area contributed by atoms with Crippen molar-refractivity contribution in [2.75, 3.05) is 9.80 Å². The molecule has 0 saturated heterocycles. The standard InChI is InChI=1S/C61H43NO.C60H45NO/c1-61(2)57-38-46(40-12-4-3-5-13-40)26-33-53(57)54-34-32-50(39-58(54)61)62(49-30-24-42(25-31-49)45-27-35-60-56(37-45)55-19-8-9-21-59(55)63-60)48-28-22-41(23-29-48)44-16-10-17-47(36-44)52-20-11-15-43-14-6-7-18-51(43)52;1-59(2)53-16-10-8-14-47(53)48-30-23-43(36-54(48)59)40-20-27-45(28-21-40)61(44-25-18-39(19-26-44)41-24-33-58-52(34-41)51-15-9-11-17-57(51)62-58)46-29-32-50-49-31-22-42(38-12-6-5-7-13-38)35-55(49)60(3,4)56(50)37-46/h3-39H,1-2H3;5-37H,1-4H3. The van der Waals surface area contributed by atoms with Gasteiger partial charge in [-0.1, -0.05) is 333 Å². The minimum Gasteiger partial charge on any atom is -0.456 e. The molecular weight excluding hydrogens is 1510 g/mol. The topological polar surface area (TPSA) is 32.8 Å². The van der Waals surface area contributed by atoms with Crippen molar-refractivity contribution in [3.05, 3.63) is 458 Å². The second kappa shape index (κ2) is 29.5. The van der Waals surface area contributed by atoms with Crippen LogP contribution in [-0.4, -0.2) is 0 Å². The number of nitrogens with zero attached hydrogens (tertiary/aromatic N) is 2. The Hall–Kier alpha value is -15.4. The van der Waals surface area contributed by atoms with Crippen LogP contribution in [0.5, 0.6) is 0 Å². The van der Waals surface area contributed by atoms with E-state index >= 15 is 0 Å². The molecule has 24 rings (SSSR count). The highest BCUT2D eigenvalue weighted by atomic mass is 16.3. The first-order valence-electron chi connectivity index (χ1n) is 43.6. The summed E-state index contributed by atoms with van der Waals surface area (Å²) < 4.78 is 12.3. The lowest BCUT2D eigenvalue weighted by Gasteiger charge is -2.28. The molecule has 4 nitrogen and oxygen atoms in total. The number of benzene rings is 19. The summed E-state index contributed by atoms with van der Waals surface area (Å²) in [7, 11) is 0. The largest absolute Gasteiger partial charge is 0.456 e. The molecule has 0 spiro atoms. The SMILES string of the molecule is CC1(C)c2cc(-c3ccccc3)ccc2-c2ccc(N(c3ccc(-c4cccc(-c5cccc6ccccc56)c4)cc3)c3ccc(-c4ccc5oc6ccccc6c5c4)cc3)cc21.CC1(C)c2ccccc2-c2ccc(-c3ccc(N(c4ccc(-c5ccc6oc7ccccc7c6c5)cc4)c4ccc5c(c4)C(C)(C)c4cc(-c6ccccc6)ccc4-5)cc3)cc21. The maximum atomic E-state index is 6.16. The zero-order chi connectivity index (χ0) is 83.8. The van der Waals surface area contributed by atoms with Crippen LogP contribution in [0, 0.1) is 0 Å². The summed E-state index contributed by atoms with van der Waals surface area (Å²) in [5.41, 5.74) is 43.0. The molecular formula is C121H88N2O2. The van der Waals surface area contributed by atoms with E-state index in [1.165, 1.54) is 139 Å². The molecule has 0 saturated carbocycles. The molecule has 0 N–H and O–H groups in total. The Morgan fingerprint density at radius 2 is 0.432 bits per heavy atom. The number of fused-ring (bicyclic) bond motifs is 16. The van der Waals surface area contributed by atoms with Gasteiger partial charge in [0.25, 0.3) is 0 Å². The lowest BCUT2D eigenvalue weighted by Crippen LogP contribution is -2.16. The van der Waals surface area contributed by atoms with Gasteiger partial charge >= 0.3 is 0 Å². The molecule has 0 fully saturated rings. The summed E-state index contributed by atoms with van der Waals surface area (Å²) in [5.74, 6) is 0. The van der Waals surface area contributed by atoms with Gasteiger partial charge in [-0.3, -0.25) is 0 Å². The first-order valence-corrected chi connectivity index (χ1v) is 43.6. The zero-order valence-corrected chi connectivity index (χ0v) is 70.6. The molecule has 0 unspecified atom stereocenters. The Morgan fingerprint density at radius 3 is 0.880 bits per heavy atom. The number of para-hydroxylation sites is 2. The molecule has 0 radical (unpaired) electrons. The summed E-state index contributed by atoms with van der Waals surface area (Å²) in [6, 6.07) is 155. The van der Waals surface area contributed by atoms with E-state index in [1.54, 1.807) is 0 Å². The molecule has 19 aromatic carbocycles. The van der Waals surface area contributed by atoms with E-state index in [2.05, 4.69) is 452 Å². The third kappa shape index (κ3) is 12.7. The van der Waals surface area contributed by atoms with Gasteiger partial charge in [0.15, 0.2) is 0 Å². The highest BCUT2D eigenvalue weighted by Gasteiger charge is 2.40. The van der Waals surface area contributed by atoms with E-state index in [9.17, 15) is 0 Å². The van der Waals surface area contributed by atoms with Crippen LogP contribution in [0.2, 0.25) is 0 Å². The van der Waals surface area contributed by atoms with E-state index in [0.717, 1.165) is 94.7 Å². The van der Waals surface area contributed by atoms with Gasteiger partial charge in [0.05, 0.1) is 0 Å². The monoisotopic (exact) mass is 1600 g/mol. The summed E-state index contributed by atoms with van der Waals surface area (Å²) in [5, 5.41) is 7.07. The summed E-state index contributed by atoms with van der Waals surface area (Å²) >= 11 is 0. The average molecular weight is 1600 g/mol. The van der Waals surface area contributed by atoms with Gasteiger partial charge in [-0.25, -0.2) is 0 Å². The Balaban J connectivity index is 0.000000144. The molecule has 0 atom stereocenters. The number of furan rings is 2. The van der Waals surface area contributed by atoms with E-state index in [4.69, 9.17) is 8.83 Å². The molecule has 0 bridgehead atoms. The van der Waals surface area contributed by atoms with Gasteiger partial charge < -0.3 is 18.6 Å². The predicted molar refractivity (Wildman–Crippen MR) is 525 cm³/mol. The fraction of sp³-hybridized carbons (Fsp3) is 0.0744. The minimum absolute atomic E-state index is 0.0486. The van der Waals surface area contributed by atoms with Crippen LogP contribution < -0.4 is 9.80 Å². The van der Waals surface area contributed by atoms with Crippen LogP contribution in [0.25, 0.3) is 166 Å². The van der Waals surface area contributed by atoms with E-state index in [-0.39, 0.29) is 16.2 Å². The van der Waals surface area contributed by atoms with Gasteiger partial charge in [0.2, 0.25) is 0 Å². The van der Waals surface area contributed by atoms with E-state index < -0.39 is 0 Å². The molecule has 125 heavy (non-hydrogen) atoms. The molecule has 0 aliphatic heterocycles. The van der Waals surface area contributed by atoms with Gasteiger partial charge in [0.1, 0.15) is 22.3 Å². The fourth-order valence-electron chi connectivity index (χ4n) is 20.5. The highest BCUT2D eigenvalue weighted by Crippen LogP contribution is 2.56. The second-order valence-corrected chi connectivity index (χ2v) is 35.5. The Morgan fingerprint density at radius 1 is 0.160 bits per heavy atom. The minimum atomic E-state index is -0.185. The molecule has 21 aromatic rings. The van der Waals surface area contributed by atoms with Crippen LogP contribution in [0.3, 0.4) is 0 Å². The maximum Gasteiger partial charge on any atom is 0.135 e. The van der Waals surface area contributed by atoms with Crippen molar-refractivity contribution in [1.29, 1.82) is 0 Å². The quantitative estimate of drug-likeness (QED) is 0.115. The Labute approximate surface area is 729 Å². The van der Waals surface area contributed by atoms with Crippen molar-refractivity contribution >= 4 is 88.8 Å². The molecule has 2 heterocycles. The van der Waals surface area contributed by atoms with Crippen molar-refractivity contribution < 1.29 is 8.83 Å². The van der Waals surface area contributed by atoms with Gasteiger partial charge in [-0.2, -0.15) is 0 Å². The van der Waals surface area contributed by atoms with Crippen molar-refractivity contribution in [3.63, 3.8) is 0 Å². The Bertz CT molecular complexity index is 7830. The smallest absolute Gasteiger partial charge is 0.135 e. The summed E-state index contributed by atoms with van der Waals surface area (Å²) in [6.45, 7) is 14.2. The zero-order valence-electron chi connectivity index (χ0n) is 70.6. The summed E-state index contributed by atoms with van der Waals surface area (Å²) in [4.78, 5) is 4.82. The van der Waals surface area contributed by atoms with Gasteiger partial charge in [-0.15, -0.1) is 0 Å². The van der Waals surface area contributed by atoms with E-state index in [1.807, 2.05) is 24.3 Å². The molecule has 4 heteroatoms. The van der Waals surface area contributed by atoms with Gasteiger partial charge in [-0.05, 0) is 289 Å².